The highest BCUT2D eigenvalue weighted by atomic mass is 35.5. The number of carbonyl (C=O) groups is 1. The first kappa shape index (κ1) is 16.0. The largest absolute Gasteiger partial charge is 0.456 e. The first-order chi connectivity index (χ1) is 8.29. The number of benzene rings is 1. The molecule has 2 rings (SSSR count). The molecule has 0 saturated carbocycles. The maximum atomic E-state index is 12.1. The van der Waals surface area contributed by atoms with Gasteiger partial charge in [-0.3, -0.25) is 0 Å². The van der Waals surface area contributed by atoms with Gasteiger partial charge in [0.05, 0.1) is 5.56 Å². The van der Waals surface area contributed by atoms with E-state index in [9.17, 15) is 4.79 Å². The van der Waals surface area contributed by atoms with Crippen LogP contribution >= 0.6 is 12.4 Å². The van der Waals surface area contributed by atoms with Crippen molar-refractivity contribution in [1.82, 2.24) is 0 Å². The third-order valence-electron chi connectivity index (χ3n) is 3.36. The smallest absolute Gasteiger partial charge is 0.338 e. The van der Waals surface area contributed by atoms with Gasteiger partial charge in [-0.2, -0.15) is 0 Å². The minimum Gasteiger partial charge on any atom is -0.456 e. The molecule has 0 unspecified atom stereocenters. The van der Waals surface area contributed by atoms with Crippen LogP contribution in [0.4, 0.5) is 0 Å². The highest BCUT2D eigenvalue weighted by Gasteiger charge is 2.25. The van der Waals surface area contributed by atoms with E-state index >= 15 is 0 Å². The second-order valence-electron chi connectivity index (χ2n) is 5.95. The molecule has 4 heteroatoms. The molecule has 1 aliphatic carbocycles. The van der Waals surface area contributed by atoms with Gasteiger partial charge in [-0.25, -0.2) is 4.79 Å². The molecule has 0 radical (unpaired) electrons. The number of rotatable bonds is 1. The molecule has 0 saturated heterocycles. The molecule has 106 valence electrons. The minimum atomic E-state index is -0.459. The third kappa shape index (κ3) is 3.28. The maximum Gasteiger partial charge on any atom is 0.338 e. The van der Waals surface area contributed by atoms with Gasteiger partial charge in [0, 0.05) is 6.04 Å². The zero-order valence-corrected chi connectivity index (χ0v) is 12.8. The van der Waals surface area contributed by atoms with Crippen LogP contribution in [0.15, 0.2) is 12.1 Å². The molecule has 0 aromatic heterocycles. The molecule has 1 aliphatic rings. The predicted octanol–water partition coefficient (Wildman–Crippen LogP) is 3.32. The van der Waals surface area contributed by atoms with E-state index in [-0.39, 0.29) is 24.4 Å². The molecule has 0 amide bonds. The van der Waals surface area contributed by atoms with Crippen molar-refractivity contribution in [2.45, 2.75) is 52.2 Å². The van der Waals surface area contributed by atoms with Crippen LogP contribution in [0.5, 0.6) is 0 Å². The van der Waals surface area contributed by atoms with Crippen molar-refractivity contribution in [3.8, 4) is 0 Å². The van der Waals surface area contributed by atoms with Gasteiger partial charge in [0.15, 0.2) is 0 Å². The summed E-state index contributed by atoms with van der Waals surface area (Å²) in [5.74, 6) is -0.247. The van der Waals surface area contributed by atoms with E-state index in [1.54, 1.807) is 0 Å². The SMILES string of the molecule is Cc1c(C(=O)OC(C)(C)C)ccc2c1CC[C@@H]2N.Cl. The number of carbonyl (C=O) groups excluding carboxylic acids is 1. The molecule has 1 aromatic rings. The fourth-order valence-corrected chi connectivity index (χ4v) is 2.47. The van der Waals surface area contributed by atoms with Crippen molar-refractivity contribution >= 4 is 18.4 Å². The second kappa shape index (κ2) is 5.51. The second-order valence-corrected chi connectivity index (χ2v) is 5.95. The van der Waals surface area contributed by atoms with Crippen molar-refractivity contribution in [2.24, 2.45) is 5.73 Å². The molecule has 3 nitrogen and oxygen atoms in total. The number of hydrogen-bond acceptors (Lipinski definition) is 3. The van der Waals surface area contributed by atoms with Crippen LogP contribution in [0.25, 0.3) is 0 Å². The van der Waals surface area contributed by atoms with Crippen LogP contribution in [-0.4, -0.2) is 11.6 Å². The van der Waals surface area contributed by atoms with Gasteiger partial charge < -0.3 is 10.5 Å². The number of nitrogens with two attached hydrogens (primary N) is 1. The van der Waals surface area contributed by atoms with E-state index < -0.39 is 5.60 Å². The Hall–Kier alpha value is -1.06. The van der Waals surface area contributed by atoms with Crippen molar-refractivity contribution < 1.29 is 9.53 Å². The lowest BCUT2D eigenvalue weighted by atomic mass is 9.98. The monoisotopic (exact) mass is 283 g/mol. The zero-order valence-electron chi connectivity index (χ0n) is 11.9. The third-order valence-corrected chi connectivity index (χ3v) is 3.36. The minimum absolute atomic E-state index is 0. The van der Waals surface area contributed by atoms with Crippen molar-refractivity contribution in [3.63, 3.8) is 0 Å². The average Bonchev–Trinajstić information content (AvgIpc) is 2.59. The Balaban J connectivity index is 0.00000180. The standard InChI is InChI=1S/C15H21NO2.ClH/c1-9-10-7-8-13(16)12(10)6-5-11(9)14(17)18-15(2,3)4;/h5-6,13H,7-8,16H2,1-4H3;1H/t13-;/m0./s1. The summed E-state index contributed by atoms with van der Waals surface area (Å²) in [7, 11) is 0. The van der Waals surface area contributed by atoms with Gasteiger partial charge >= 0.3 is 5.97 Å². The number of fused-ring (bicyclic) bond motifs is 1. The lowest BCUT2D eigenvalue weighted by molar-refractivity contribution is 0.00686. The van der Waals surface area contributed by atoms with E-state index in [0.29, 0.717) is 5.56 Å². The van der Waals surface area contributed by atoms with Crippen LogP contribution in [0.3, 0.4) is 0 Å². The lowest BCUT2D eigenvalue weighted by Crippen LogP contribution is -2.24. The van der Waals surface area contributed by atoms with Crippen molar-refractivity contribution in [2.75, 3.05) is 0 Å². The Morgan fingerprint density at radius 1 is 1.37 bits per heavy atom. The summed E-state index contributed by atoms with van der Waals surface area (Å²) in [4.78, 5) is 12.1. The van der Waals surface area contributed by atoms with Gasteiger partial charge in [-0.1, -0.05) is 6.07 Å². The van der Waals surface area contributed by atoms with Crippen LogP contribution < -0.4 is 5.73 Å². The molecule has 0 bridgehead atoms. The summed E-state index contributed by atoms with van der Waals surface area (Å²) in [5.41, 5.74) is 9.66. The Kier molecular flexibility index (Phi) is 4.64. The van der Waals surface area contributed by atoms with E-state index in [4.69, 9.17) is 10.5 Å². The van der Waals surface area contributed by atoms with Crippen molar-refractivity contribution in [3.05, 3.63) is 34.4 Å². The van der Waals surface area contributed by atoms with E-state index in [0.717, 1.165) is 18.4 Å². The van der Waals surface area contributed by atoms with Gasteiger partial charge in [0.25, 0.3) is 0 Å². The Bertz CT molecular complexity index is 492. The number of ether oxygens (including phenoxy) is 1. The average molecular weight is 284 g/mol. The molecule has 19 heavy (non-hydrogen) atoms. The van der Waals surface area contributed by atoms with E-state index in [1.807, 2.05) is 39.8 Å². The van der Waals surface area contributed by atoms with Crippen LogP contribution in [0.1, 0.15) is 60.3 Å². The fourth-order valence-electron chi connectivity index (χ4n) is 2.47. The Morgan fingerprint density at radius 3 is 2.58 bits per heavy atom. The summed E-state index contributed by atoms with van der Waals surface area (Å²) in [6.45, 7) is 7.62. The Morgan fingerprint density at radius 2 is 2.00 bits per heavy atom. The highest BCUT2D eigenvalue weighted by Crippen LogP contribution is 2.33. The molecular formula is C15H22ClNO2. The summed E-state index contributed by atoms with van der Waals surface area (Å²) >= 11 is 0. The highest BCUT2D eigenvalue weighted by molar-refractivity contribution is 5.92. The van der Waals surface area contributed by atoms with E-state index in [1.165, 1.54) is 11.1 Å². The molecular weight excluding hydrogens is 262 g/mol. The number of hydrogen-bond donors (Lipinski definition) is 1. The summed E-state index contributed by atoms with van der Waals surface area (Å²) in [6, 6.07) is 3.93. The van der Waals surface area contributed by atoms with Gasteiger partial charge in [0.1, 0.15) is 5.60 Å². The normalized spacial score (nSPS) is 17.6. The van der Waals surface area contributed by atoms with E-state index in [2.05, 4.69) is 0 Å². The predicted molar refractivity (Wildman–Crippen MR) is 78.8 cm³/mol. The molecule has 0 spiro atoms. The van der Waals surface area contributed by atoms with Crippen LogP contribution in [0.2, 0.25) is 0 Å². The summed E-state index contributed by atoms with van der Waals surface area (Å²) < 4.78 is 5.42. The summed E-state index contributed by atoms with van der Waals surface area (Å²) in [6.07, 6.45) is 1.92. The maximum absolute atomic E-state index is 12.1. The first-order valence-corrected chi connectivity index (χ1v) is 6.41. The van der Waals surface area contributed by atoms with Gasteiger partial charge in [-0.15, -0.1) is 12.4 Å². The quantitative estimate of drug-likeness (QED) is 0.805. The number of halogens is 1. The topological polar surface area (TPSA) is 52.3 Å². The zero-order chi connectivity index (χ0) is 13.5. The van der Waals surface area contributed by atoms with Crippen LogP contribution in [0, 0.1) is 6.92 Å². The molecule has 0 aliphatic heterocycles. The van der Waals surface area contributed by atoms with Crippen molar-refractivity contribution in [1.29, 1.82) is 0 Å². The fraction of sp³-hybridized carbons (Fsp3) is 0.533. The molecule has 1 atom stereocenters. The molecule has 0 fully saturated rings. The van der Waals surface area contributed by atoms with Gasteiger partial charge in [0.2, 0.25) is 0 Å². The first-order valence-electron chi connectivity index (χ1n) is 6.41. The van der Waals surface area contributed by atoms with Gasteiger partial charge in [-0.05, 0) is 63.3 Å². The molecule has 2 N–H and O–H groups in total. The Labute approximate surface area is 120 Å². The molecule has 0 heterocycles. The lowest BCUT2D eigenvalue weighted by Gasteiger charge is -2.21. The summed E-state index contributed by atoms with van der Waals surface area (Å²) in [5, 5.41) is 0. The number of esters is 1. The van der Waals surface area contributed by atoms with Crippen LogP contribution in [-0.2, 0) is 11.2 Å². The molecule has 1 aromatic carbocycles.